The first-order chi connectivity index (χ1) is 17.3. The third-order valence-electron chi connectivity index (χ3n) is 6.17. The summed E-state index contributed by atoms with van der Waals surface area (Å²) in [6.07, 6.45) is 2.14. The molecule has 1 saturated heterocycles. The Morgan fingerprint density at radius 1 is 1.14 bits per heavy atom. The first-order valence-electron chi connectivity index (χ1n) is 11.3. The van der Waals surface area contributed by atoms with Gasteiger partial charge in [0.2, 0.25) is 5.91 Å². The second-order valence-corrected chi connectivity index (χ2v) is 9.57. The van der Waals surface area contributed by atoms with Gasteiger partial charge in [0.15, 0.2) is 0 Å². The van der Waals surface area contributed by atoms with Crippen molar-refractivity contribution in [2.24, 2.45) is 0 Å². The number of rotatable bonds is 5. The lowest BCUT2D eigenvalue weighted by Crippen LogP contribution is -2.44. The Bertz CT molecular complexity index is 1440. The molecule has 2 aliphatic heterocycles. The molecule has 36 heavy (non-hydrogen) atoms. The Morgan fingerprint density at radius 3 is 2.69 bits per heavy atom. The number of thioether (sulfide) groups is 1. The molecule has 182 valence electrons. The molecule has 0 aliphatic carbocycles. The van der Waals surface area contributed by atoms with Crippen molar-refractivity contribution in [2.45, 2.75) is 19.9 Å². The van der Waals surface area contributed by atoms with Gasteiger partial charge in [-0.1, -0.05) is 30.3 Å². The van der Waals surface area contributed by atoms with Crippen molar-refractivity contribution in [3.8, 4) is 11.3 Å². The molecule has 0 radical (unpaired) electrons. The van der Waals surface area contributed by atoms with Crippen LogP contribution in [0.4, 0.5) is 10.5 Å². The van der Waals surface area contributed by atoms with Gasteiger partial charge in [0.1, 0.15) is 18.1 Å². The third kappa shape index (κ3) is 4.55. The van der Waals surface area contributed by atoms with Crippen LogP contribution in [0, 0.1) is 17.0 Å². The van der Waals surface area contributed by atoms with Crippen molar-refractivity contribution in [1.82, 2.24) is 9.80 Å². The van der Waals surface area contributed by atoms with E-state index in [2.05, 4.69) is 0 Å². The molecule has 5 rings (SSSR count). The van der Waals surface area contributed by atoms with E-state index in [1.54, 1.807) is 36.1 Å². The molecule has 2 aliphatic rings. The Hall–Kier alpha value is -4.18. The summed E-state index contributed by atoms with van der Waals surface area (Å²) in [6, 6.07) is 15.9. The van der Waals surface area contributed by atoms with Crippen LogP contribution in [0.3, 0.4) is 0 Å². The quantitative estimate of drug-likeness (QED) is 0.279. The van der Waals surface area contributed by atoms with E-state index in [1.807, 2.05) is 24.3 Å². The van der Waals surface area contributed by atoms with E-state index < -0.39 is 16.1 Å². The zero-order valence-electron chi connectivity index (χ0n) is 19.3. The van der Waals surface area contributed by atoms with E-state index in [0.717, 1.165) is 34.2 Å². The van der Waals surface area contributed by atoms with Gasteiger partial charge >= 0.3 is 0 Å². The Labute approximate surface area is 210 Å². The number of aryl methyl sites for hydroxylation is 1. The van der Waals surface area contributed by atoms with Crippen molar-refractivity contribution in [3.05, 3.63) is 92.1 Å². The lowest BCUT2D eigenvalue weighted by Gasteiger charge is -2.29. The van der Waals surface area contributed by atoms with Crippen molar-refractivity contribution < 1.29 is 23.7 Å². The maximum absolute atomic E-state index is 12.9. The Morgan fingerprint density at radius 2 is 1.92 bits per heavy atom. The molecule has 0 bridgehead atoms. The predicted octanol–water partition coefficient (Wildman–Crippen LogP) is 4.78. The van der Waals surface area contributed by atoms with Crippen LogP contribution in [0.25, 0.3) is 17.4 Å². The van der Waals surface area contributed by atoms with Crippen LogP contribution < -0.4 is 0 Å². The summed E-state index contributed by atoms with van der Waals surface area (Å²) in [5, 5.41) is 10.9. The number of nitrogens with zero attached hydrogens (tertiary/aromatic N) is 3. The number of fused-ring (bicyclic) bond motifs is 1. The lowest BCUT2D eigenvalue weighted by atomic mass is 10.00. The average molecular weight is 504 g/mol. The van der Waals surface area contributed by atoms with Crippen LogP contribution in [0.2, 0.25) is 0 Å². The normalized spacial score (nSPS) is 16.5. The standard InChI is InChI=1S/C26H21N3O6S/c1-16-6-8-20(21(12-16)29(33)34)22-9-7-19(35-22)13-23-25(31)28(26(32)36-23)15-24(30)27-11-10-17-4-2-3-5-18(17)14-27/h2-9,12-13H,10-11,14-15H2,1H3/b23-13+. The minimum atomic E-state index is -0.574. The zero-order valence-corrected chi connectivity index (χ0v) is 20.1. The van der Waals surface area contributed by atoms with Crippen LogP contribution in [0.1, 0.15) is 22.5 Å². The van der Waals surface area contributed by atoms with E-state index >= 15 is 0 Å². The van der Waals surface area contributed by atoms with Gasteiger partial charge in [-0.05, 0) is 60.0 Å². The number of hydrogen-bond acceptors (Lipinski definition) is 7. The monoisotopic (exact) mass is 503 g/mol. The van der Waals surface area contributed by atoms with Crippen molar-refractivity contribution in [3.63, 3.8) is 0 Å². The molecule has 1 fully saturated rings. The molecule has 9 nitrogen and oxygen atoms in total. The van der Waals surface area contributed by atoms with E-state index in [4.69, 9.17) is 4.42 Å². The minimum absolute atomic E-state index is 0.0879. The van der Waals surface area contributed by atoms with Gasteiger partial charge < -0.3 is 9.32 Å². The molecule has 0 atom stereocenters. The van der Waals surface area contributed by atoms with Gasteiger partial charge in [-0.2, -0.15) is 0 Å². The number of carbonyl (C=O) groups is 3. The SMILES string of the molecule is Cc1ccc(-c2ccc(/C=C3/SC(=O)N(CC(=O)N4CCc5ccccc5C4)C3=O)o2)c([N+](=O)[O-])c1. The largest absolute Gasteiger partial charge is 0.456 e. The maximum Gasteiger partial charge on any atom is 0.294 e. The van der Waals surface area contributed by atoms with Crippen LogP contribution in [0.5, 0.6) is 0 Å². The highest BCUT2D eigenvalue weighted by molar-refractivity contribution is 8.18. The molecule has 0 saturated carbocycles. The number of amides is 3. The minimum Gasteiger partial charge on any atom is -0.456 e. The van der Waals surface area contributed by atoms with Crippen LogP contribution in [-0.4, -0.2) is 44.9 Å². The molecule has 0 unspecified atom stereocenters. The summed E-state index contributed by atoms with van der Waals surface area (Å²) in [4.78, 5) is 52.0. The number of furan rings is 1. The molecule has 0 N–H and O–H groups in total. The predicted molar refractivity (Wildman–Crippen MR) is 134 cm³/mol. The van der Waals surface area contributed by atoms with Gasteiger partial charge in [0.05, 0.1) is 15.4 Å². The fourth-order valence-corrected chi connectivity index (χ4v) is 5.10. The van der Waals surface area contributed by atoms with Crippen molar-refractivity contribution >= 4 is 40.6 Å². The number of carbonyl (C=O) groups excluding carboxylic acids is 3. The zero-order chi connectivity index (χ0) is 25.4. The number of hydrogen-bond donors (Lipinski definition) is 0. The molecule has 3 aromatic rings. The summed E-state index contributed by atoms with van der Waals surface area (Å²) in [5.41, 5.74) is 3.23. The van der Waals surface area contributed by atoms with Crippen molar-refractivity contribution in [1.29, 1.82) is 0 Å². The number of nitro groups is 1. The fourth-order valence-electron chi connectivity index (χ4n) is 4.29. The highest BCUT2D eigenvalue weighted by Gasteiger charge is 2.37. The van der Waals surface area contributed by atoms with Gasteiger partial charge in [-0.25, -0.2) is 0 Å². The topological polar surface area (TPSA) is 114 Å². The summed E-state index contributed by atoms with van der Waals surface area (Å²) < 4.78 is 5.74. The van der Waals surface area contributed by atoms with E-state index in [-0.39, 0.29) is 34.6 Å². The van der Waals surface area contributed by atoms with E-state index in [9.17, 15) is 24.5 Å². The highest BCUT2D eigenvalue weighted by Crippen LogP contribution is 2.35. The van der Waals surface area contributed by atoms with E-state index in [0.29, 0.717) is 18.7 Å². The fraction of sp³-hybridized carbons (Fsp3) is 0.192. The summed E-state index contributed by atoms with van der Waals surface area (Å²) in [6.45, 7) is 2.40. The summed E-state index contributed by atoms with van der Waals surface area (Å²) in [5.74, 6) is -0.327. The number of benzene rings is 2. The number of nitro benzene ring substituents is 1. The average Bonchev–Trinajstić information content (AvgIpc) is 3.43. The van der Waals surface area contributed by atoms with Gasteiger partial charge in [-0.15, -0.1) is 0 Å². The molecular formula is C26H21N3O6S. The summed E-state index contributed by atoms with van der Waals surface area (Å²) >= 11 is 0.728. The highest BCUT2D eigenvalue weighted by atomic mass is 32.2. The van der Waals surface area contributed by atoms with Crippen molar-refractivity contribution in [2.75, 3.05) is 13.1 Å². The van der Waals surface area contributed by atoms with Crippen LogP contribution in [-0.2, 0) is 22.6 Å². The molecule has 10 heteroatoms. The first kappa shape index (κ1) is 23.6. The van der Waals surface area contributed by atoms with Crippen LogP contribution in [0.15, 0.2) is 63.9 Å². The summed E-state index contributed by atoms with van der Waals surface area (Å²) in [7, 11) is 0. The molecule has 0 spiro atoms. The Kier molecular flexibility index (Phi) is 6.19. The van der Waals surface area contributed by atoms with E-state index in [1.165, 1.54) is 17.7 Å². The molecule has 2 aromatic carbocycles. The number of imide groups is 1. The third-order valence-corrected chi connectivity index (χ3v) is 7.07. The molecular weight excluding hydrogens is 482 g/mol. The van der Waals surface area contributed by atoms with Gasteiger partial charge in [0.25, 0.3) is 16.8 Å². The van der Waals surface area contributed by atoms with Gasteiger partial charge in [0, 0.05) is 25.2 Å². The maximum atomic E-state index is 12.9. The second-order valence-electron chi connectivity index (χ2n) is 8.58. The molecule has 1 aromatic heterocycles. The second kappa shape index (κ2) is 9.46. The Balaban J connectivity index is 1.30. The smallest absolute Gasteiger partial charge is 0.294 e. The lowest BCUT2D eigenvalue weighted by molar-refractivity contribution is -0.384. The molecule has 3 heterocycles. The molecule has 3 amide bonds. The van der Waals surface area contributed by atoms with Gasteiger partial charge in [-0.3, -0.25) is 29.4 Å². The van der Waals surface area contributed by atoms with Crippen LogP contribution >= 0.6 is 11.8 Å². The first-order valence-corrected chi connectivity index (χ1v) is 12.1.